The predicted octanol–water partition coefficient (Wildman–Crippen LogP) is 4.48. The lowest BCUT2D eigenvalue weighted by molar-refractivity contribution is -0.0784. The SMILES string of the molecule is CC(C)Nc1nccn1C(C)C12CC3CC(CC(C3)C1)C2. The summed E-state index contributed by atoms with van der Waals surface area (Å²) in [6.07, 6.45) is 13.1. The quantitative estimate of drug-likeness (QED) is 0.884. The first-order valence-corrected chi connectivity index (χ1v) is 8.85. The highest BCUT2D eigenvalue weighted by molar-refractivity contribution is 5.28. The van der Waals surface area contributed by atoms with E-state index in [4.69, 9.17) is 0 Å². The first kappa shape index (κ1) is 13.7. The van der Waals surface area contributed by atoms with Gasteiger partial charge in [-0.15, -0.1) is 0 Å². The molecule has 4 aliphatic carbocycles. The monoisotopic (exact) mass is 287 g/mol. The zero-order valence-corrected chi connectivity index (χ0v) is 13.7. The van der Waals surface area contributed by atoms with Crippen molar-refractivity contribution in [3.63, 3.8) is 0 Å². The van der Waals surface area contributed by atoms with Crippen LogP contribution in [-0.2, 0) is 0 Å². The van der Waals surface area contributed by atoms with Crippen molar-refractivity contribution in [2.24, 2.45) is 23.2 Å². The first-order chi connectivity index (χ1) is 10.1. The molecule has 1 atom stereocenters. The molecule has 1 heterocycles. The summed E-state index contributed by atoms with van der Waals surface area (Å²) in [5.74, 6) is 4.12. The van der Waals surface area contributed by atoms with Crippen LogP contribution in [0, 0.1) is 23.2 Å². The fourth-order valence-electron chi connectivity index (χ4n) is 5.98. The Kier molecular flexibility index (Phi) is 3.09. The molecule has 21 heavy (non-hydrogen) atoms. The second kappa shape index (κ2) is 4.76. The third-order valence-corrected chi connectivity index (χ3v) is 6.48. The highest BCUT2D eigenvalue weighted by atomic mass is 15.2. The largest absolute Gasteiger partial charge is 0.353 e. The highest BCUT2D eigenvalue weighted by Crippen LogP contribution is 2.63. The molecule has 0 radical (unpaired) electrons. The summed E-state index contributed by atoms with van der Waals surface area (Å²) in [4.78, 5) is 4.56. The van der Waals surface area contributed by atoms with Crippen LogP contribution in [0.4, 0.5) is 5.95 Å². The fraction of sp³-hybridized carbons (Fsp3) is 0.833. The van der Waals surface area contributed by atoms with Crippen molar-refractivity contribution in [3.05, 3.63) is 12.4 Å². The van der Waals surface area contributed by atoms with E-state index in [1.807, 2.05) is 6.20 Å². The van der Waals surface area contributed by atoms with E-state index < -0.39 is 0 Å². The molecule has 4 saturated carbocycles. The number of aromatic nitrogens is 2. The number of imidazole rings is 1. The Bertz CT molecular complexity index is 481. The Balaban J connectivity index is 1.62. The molecule has 116 valence electrons. The third kappa shape index (κ3) is 2.20. The van der Waals surface area contributed by atoms with E-state index in [0.29, 0.717) is 17.5 Å². The Morgan fingerprint density at radius 3 is 2.19 bits per heavy atom. The van der Waals surface area contributed by atoms with Crippen molar-refractivity contribution in [1.82, 2.24) is 9.55 Å². The molecule has 0 aromatic carbocycles. The van der Waals surface area contributed by atoms with Crippen LogP contribution in [0.5, 0.6) is 0 Å². The standard InChI is InChI=1S/C18H29N3/c1-12(2)20-17-19-4-5-21(17)13(3)18-9-14-6-15(10-18)8-16(7-14)11-18/h4-5,12-16H,6-11H2,1-3H3,(H,19,20). The van der Waals surface area contributed by atoms with Crippen LogP contribution >= 0.6 is 0 Å². The van der Waals surface area contributed by atoms with Gasteiger partial charge in [-0.25, -0.2) is 4.98 Å². The van der Waals surface area contributed by atoms with Crippen molar-refractivity contribution < 1.29 is 0 Å². The van der Waals surface area contributed by atoms with Gasteiger partial charge >= 0.3 is 0 Å². The van der Waals surface area contributed by atoms with Crippen molar-refractivity contribution >= 4 is 5.95 Å². The third-order valence-electron chi connectivity index (χ3n) is 6.48. The summed E-state index contributed by atoms with van der Waals surface area (Å²) in [6, 6.07) is 1.02. The molecular weight excluding hydrogens is 258 g/mol. The van der Waals surface area contributed by atoms with Gasteiger partial charge < -0.3 is 9.88 Å². The summed E-state index contributed by atoms with van der Waals surface area (Å²) in [7, 11) is 0. The van der Waals surface area contributed by atoms with Crippen molar-refractivity contribution in [1.29, 1.82) is 0 Å². The van der Waals surface area contributed by atoms with Crippen LogP contribution in [0.3, 0.4) is 0 Å². The van der Waals surface area contributed by atoms with Gasteiger partial charge in [-0.1, -0.05) is 0 Å². The van der Waals surface area contributed by atoms with Crippen molar-refractivity contribution in [2.75, 3.05) is 5.32 Å². The lowest BCUT2D eigenvalue weighted by Gasteiger charge is -2.59. The maximum atomic E-state index is 4.56. The molecule has 1 N–H and O–H groups in total. The van der Waals surface area contributed by atoms with Gasteiger partial charge in [0.25, 0.3) is 0 Å². The molecule has 1 unspecified atom stereocenters. The van der Waals surface area contributed by atoms with E-state index in [-0.39, 0.29) is 0 Å². The molecule has 3 heteroatoms. The van der Waals surface area contributed by atoms with Crippen molar-refractivity contribution in [3.8, 4) is 0 Å². The molecule has 0 saturated heterocycles. The Morgan fingerprint density at radius 1 is 1.10 bits per heavy atom. The van der Waals surface area contributed by atoms with Gasteiger partial charge in [0, 0.05) is 24.5 Å². The number of anilines is 1. The van der Waals surface area contributed by atoms with Crippen LogP contribution in [0.25, 0.3) is 0 Å². The number of rotatable bonds is 4. The number of hydrogen-bond acceptors (Lipinski definition) is 2. The average molecular weight is 287 g/mol. The van der Waals surface area contributed by atoms with E-state index in [0.717, 1.165) is 23.7 Å². The van der Waals surface area contributed by atoms with E-state index >= 15 is 0 Å². The van der Waals surface area contributed by atoms with Gasteiger partial charge in [0.1, 0.15) is 0 Å². The summed E-state index contributed by atoms with van der Waals surface area (Å²) in [6.45, 7) is 6.82. The van der Waals surface area contributed by atoms with Gasteiger partial charge in [0.15, 0.2) is 0 Å². The second-order valence-corrected chi connectivity index (χ2v) is 8.41. The molecule has 0 spiro atoms. The maximum Gasteiger partial charge on any atom is 0.203 e. The molecule has 5 rings (SSSR count). The Hall–Kier alpha value is -0.990. The summed E-state index contributed by atoms with van der Waals surface area (Å²) < 4.78 is 2.42. The van der Waals surface area contributed by atoms with Crippen LogP contribution in [0.2, 0.25) is 0 Å². The highest BCUT2D eigenvalue weighted by Gasteiger charge is 2.53. The molecular formula is C18H29N3. The van der Waals surface area contributed by atoms with Crippen molar-refractivity contribution in [2.45, 2.75) is 71.4 Å². The normalized spacial score (nSPS) is 39.0. The molecule has 4 bridgehead atoms. The minimum absolute atomic E-state index is 0.440. The number of nitrogens with zero attached hydrogens (tertiary/aromatic N) is 2. The first-order valence-electron chi connectivity index (χ1n) is 8.85. The molecule has 0 aliphatic heterocycles. The number of nitrogens with one attached hydrogen (secondary N) is 1. The zero-order valence-electron chi connectivity index (χ0n) is 13.7. The molecule has 4 aliphatic rings. The maximum absolute atomic E-state index is 4.56. The minimum Gasteiger partial charge on any atom is -0.353 e. The molecule has 4 fully saturated rings. The fourth-order valence-corrected chi connectivity index (χ4v) is 5.98. The van der Waals surface area contributed by atoms with Crippen LogP contribution < -0.4 is 5.32 Å². The van der Waals surface area contributed by atoms with Crippen LogP contribution in [0.15, 0.2) is 12.4 Å². The second-order valence-electron chi connectivity index (χ2n) is 8.41. The van der Waals surface area contributed by atoms with Gasteiger partial charge in [0.05, 0.1) is 0 Å². The summed E-state index contributed by atoms with van der Waals surface area (Å²) in [5.41, 5.74) is 0.545. The molecule has 1 aromatic heterocycles. The predicted molar refractivity (Wildman–Crippen MR) is 86.3 cm³/mol. The lowest BCUT2D eigenvalue weighted by Crippen LogP contribution is -2.49. The Morgan fingerprint density at radius 2 is 1.67 bits per heavy atom. The summed E-state index contributed by atoms with van der Waals surface area (Å²) in [5, 5.41) is 3.52. The van der Waals surface area contributed by atoms with E-state index in [9.17, 15) is 0 Å². The lowest BCUT2D eigenvalue weighted by atomic mass is 9.48. The van der Waals surface area contributed by atoms with Crippen LogP contribution in [-0.4, -0.2) is 15.6 Å². The van der Waals surface area contributed by atoms with E-state index in [1.165, 1.54) is 38.5 Å². The average Bonchev–Trinajstić information content (AvgIpc) is 2.83. The molecule has 1 aromatic rings. The molecule has 0 amide bonds. The summed E-state index contributed by atoms with van der Waals surface area (Å²) >= 11 is 0. The van der Waals surface area contributed by atoms with E-state index in [2.05, 4.69) is 41.8 Å². The smallest absolute Gasteiger partial charge is 0.203 e. The van der Waals surface area contributed by atoms with Gasteiger partial charge in [0.2, 0.25) is 5.95 Å². The van der Waals surface area contributed by atoms with Gasteiger partial charge in [-0.2, -0.15) is 0 Å². The zero-order chi connectivity index (χ0) is 14.6. The number of hydrogen-bond donors (Lipinski definition) is 1. The Labute approximate surface area is 128 Å². The van der Waals surface area contributed by atoms with Gasteiger partial charge in [-0.05, 0) is 82.5 Å². The van der Waals surface area contributed by atoms with Gasteiger partial charge in [-0.3, -0.25) is 0 Å². The van der Waals surface area contributed by atoms with Crippen LogP contribution in [0.1, 0.15) is 65.3 Å². The topological polar surface area (TPSA) is 29.9 Å². The molecule has 3 nitrogen and oxygen atoms in total. The van der Waals surface area contributed by atoms with E-state index in [1.54, 1.807) is 0 Å². The minimum atomic E-state index is 0.440.